The fourth-order valence-corrected chi connectivity index (χ4v) is 3.10. The van der Waals surface area contributed by atoms with Gasteiger partial charge in [-0.15, -0.1) is 0 Å². The Balaban J connectivity index is 2.02. The van der Waals surface area contributed by atoms with Gasteiger partial charge >= 0.3 is 0 Å². The Kier molecular flexibility index (Phi) is 4.10. The van der Waals surface area contributed by atoms with E-state index in [4.69, 9.17) is 5.73 Å². The first kappa shape index (κ1) is 13.9. The molecule has 1 heteroatoms. The Morgan fingerprint density at radius 2 is 1.57 bits per heavy atom. The quantitative estimate of drug-likeness (QED) is 0.361. The van der Waals surface area contributed by atoms with E-state index in [1.54, 1.807) is 0 Å². The number of nitrogen functional groups attached to an aromatic ring is 1. The molecule has 108 valence electrons. The third kappa shape index (κ3) is 2.87. The average Bonchev–Trinajstić information content (AvgIpc) is 2.50. The molecule has 0 aromatic heterocycles. The third-order valence-electron chi connectivity index (χ3n) is 4.30. The van der Waals surface area contributed by atoms with Crippen LogP contribution in [0.3, 0.4) is 0 Å². The summed E-state index contributed by atoms with van der Waals surface area (Å²) in [4.78, 5) is 0. The monoisotopic (exact) mass is 277 g/mol. The lowest BCUT2D eigenvalue weighted by Gasteiger charge is -2.09. The normalized spacial score (nSPS) is 11.3. The van der Waals surface area contributed by atoms with E-state index in [0.29, 0.717) is 0 Å². The summed E-state index contributed by atoms with van der Waals surface area (Å²) in [6.07, 6.45) is 6.38. The van der Waals surface area contributed by atoms with E-state index in [1.165, 1.54) is 52.8 Å². The molecule has 0 unspecified atom stereocenters. The fraction of sp³-hybridized carbons (Fsp3) is 0.300. The number of anilines is 1. The van der Waals surface area contributed by atoms with Crippen molar-refractivity contribution >= 4 is 27.2 Å². The van der Waals surface area contributed by atoms with Crippen molar-refractivity contribution in [3.8, 4) is 0 Å². The maximum Gasteiger partial charge on any atom is 0.0393 e. The lowest BCUT2D eigenvalue weighted by atomic mass is 9.96. The van der Waals surface area contributed by atoms with Crippen LogP contribution in [0.15, 0.2) is 48.5 Å². The number of aryl methyl sites for hydroxylation is 1. The first-order chi connectivity index (χ1) is 10.3. The van der Waals surface area contributed by atoms with Gasteiger partial charge in [0.25, 0.3) is 0 Å². The molecule has 0 aliphatic heterocycles. The second-order valence-electron chi connectivity index (χ2n) is 5.87. The van der Waals surface area contributed by atoms with Crippen LogP contribution in [0, 0.1) is 0 Å². The van der Waals surface area contributed by atoms with Crippen molar-refractivity contribution < 1.29 is 0 Å². The second-order valence-corrected chi connectivity index (χ2v) is 5.87. The van der Waals surface area contributed by atoms with E-state index >= 15 is 0 Å². The van der Waals surface area contributed by atoms with Gasteiger partial charge in [0.2, 0.25) is 0 Å². The molecule has 0 bridgehead atoms. The summed E-state index contributed by atoms with van der Waals surface area (Å²) in [6.45, 7) is 2.26. The minimum atomic E-state index is 0.871. The van der Waals surface area contributed by atoms with Crippen LogP contribution in [-0.4, -0.2) is 0 Å². The van der Waals surface area contributed by atoms with Gasteiger partial charge in [0.1, 0.15) is 0 Å². The van der Waals surface area contributed by atoms with Crippen molar-refractivity contribution in [2.24, 2.45) is 0 Å². The van der Waals surface area contributed by atoms with Crippen LogP contribution >= 0.6 is 0 Å². The van der Waals surface area contributed by atoms with Gasteiger partial charge in [-0.1, -0.05) is 56.5 Å². The number of rotatable bonds is 5. The molecule has 21 heavy (non-hydrogen) atoms. The zero-order chi connectivity index (χ0) is 14.7. The Bertz CT molecular complexity index is 758. The number of hydrogen-bond donors (Lipinski definition) is 1. The number of benzene rings is 3. The van der Waals surface area contributed by atoms with Crippen LogP contribution in [0.25, 0.3) is 21.5 Å². The van der Waals surface area contributed by atoms with Crippen LogP contribution in [-0.2, 0) is 6.42 Å². The molecule has 3 rings (SSSR count). The van der Waals surface area contributed by atoms with Gasteiger partial charge in [0, 0.05) is 11.1 Å². The van der Waals surface area contributed by atoms with E-state index in [0.717, 1.165) is 12.1 Å². The van der Waals surface area contributed by atoms with Gasteiger partial charge in [-0.3, -0.25) is 0 Å². The zero-order valence-corrected chi connectivity index (χ0v) is 12.7. The fourth-order valence-electron chi connectivity index (χ4n) is 3.10. The van der Waals surface area contributed by atoms with Crippen LogP contribution in [0.1, 0.15) is 38.2 Å². The Morgan fingerprint density at radius 3 is 2.38 bits per heavy atom. The van der Waals surface area contributed by atoms with Gasteiger partial charge in [-0.2, -0.15) is 0 Å². The lowest BCUT2D eigenvalue weighted by Crippen LogP contribution is -1.90. The molecule has 1 nitrogen and oxygen atoms in total. The molecule has 0 fully saturated rings. The molecule has 0 saturated carbocycles. The minimum Gasteiger partial charge on any atom is -0.398 e. The highest BCUT2D eigenvalue weighted by molar-refractivity contribution is 6.04. The van der Waals surface area contributed by atoms with Gasteiger partial charge in [-0.05, 0) is 52.8 Å². The van der Waals surface area contributed by atoms with E-state index in [1.807, 2.05) is 12.1 Å². The molecule has 0 atom stereocenters. The van der Waals surface area contributed by atoms with Crippen LogP contribution in [0.4, 0.5) is 5.69 Å². The molecule has 0 heterocycles. The molecule has 0 aliphatic carbocycles. The van der Waals surface area contributed by atoms with Crippen LogP contribution in [0.2, 0.25) is 0 Å². The predicted octanol–water partition coefficient (Wildman–Crippen LogP) is 5.70. The maximum absolute atomic E-state index is 6.14. The molecule has 3 aromatic carbocycles. The first-order valence-corrected chi connectivity index (χ1v) is 7.99. The van der Waals surface area contributed by atoms with Gasteiger partial charge in [0.15, 0.2) is 0 Å². The van der Waals surface area contributed by atoms with Crippen molar-refractivity contribution in [1.29, 1.82) is 0 Å². The minimum absolute atomic E-state index is 0.871. The SMILES string of the molecule is CCCCCCc1cccc2cc3cccc(N)c3cc12. The molecule has 3 aromatic rings. The van der Waals surface area contributed by atoms with Gasteiger partial charge < -0.3 is 5.73 Å². The molecule has 2 N–H and O–H groups in total. The largest absolute Gasteiger partial charge is 0.398 e. The number of fused-ring (bicyclic) bond motifs is 2. The van der Waals surface area contributed by atoms with Crippen molar-refractivity contribution in [3.63, 3.8) is 0 Å². The second kappa shape index (κ2) is 6.17. The molecular weight excluding hydrogens is 254 g/mol. The summed E-state index contributed by atoms with van der Waals surface area (Å²) >= 11 is 0. The number of hydrogen-bond acceptors (Lipinski definition) is 1. The van der Waals surface area contributed by atoms with Crippen LogP contribution < -0.4 is 5.73 Å². The Labute approximate surface area is 126 Å². The van der Waals surface area contributed by atoms with Crippen molar-refractivity contribution in [2.45, 2.75) is 39.0 Å². The maximum atomic E-state index is 6.14. The molecule has 0 spiro atoms. The average molecular weight is 277 g/mol. The van der Waals surface area contributed by atoms with Crippen molar-refractivity contribution in [2.75, 3.05) is 5.73 Å². The first-order valence-electron chi connectivity index (χ1n) is 7.99. The third-order valence-corrected chi connectivity index (χ3v) is 4.30. The summed E-state index contributed by atoms with van der Waals surface area (Å²) < 4.78 is 0. The topological polar surface area (TPSA) is 26.0 Å². The summed E-state index contributed by atoms with van der Waals surface area (Å²) in [6, 6.07) is 17.3. The summed E-state index contributed by atoms with van der Waals surface area (Å²) in [5, 5.41) is 5.08. The zero-order valence-electron chi connectivity index (χ0n) is 12.7. The van der Waals surface area contributed by atoms with Crippen molar-refractivity contribution in [1.82, 2.24) is 0 Å². The smallest absolute Gasteiger partial charge is 0.0393 e. The van der Waals surface area contributed by atoms with E-state index in [2.05, 4.69) is 43.3 Å². The Morgan fingerprint density at radius 1 is 0.810 bits per heavy atom. The molecule has 0 saturated heterocycles. The predicted molar refractivity (Wildman–Crippen MR) is 93.7 cm³/mol. The number of unbranched alkanes of at least 4 members (excludes halogenated alkanes) is 3. The molecule has 0 amide bonds. The Hall–Kier alpha value is -2.02. The standard InChI is InChI=1S/C20H23N/c1-2-3-4-5-8-15-9-6-10-16-13-17-11-7-12-20(21)19(17)14-18(15)16/h6-7,9-14H,2-5,8,21H2,1H3. The van der Waals surface area contributed by atoms with E-state index < -0.39 is 0 Å². The highest BCUT2D eigenvalue weighted by Gasteiger charge is 2.05. The molecular formula is C20H23N. The van der Waals surface area contributed by atoms with Crippen molar-refractivity contribution in [3.05, 3.63) is 54.1 Å². The summed E-state index contributed by atoms with van der Waals surface area (Å²) in [5.41, 5.74) is 8.46. The number of nitrogens with two attached hydrogens (primary N) is 1. The highest BCUT2D eigenvalue weighted by Crippen LogP contribution is 2.29. The van der Waals surface area contributed by atoms with Crippen LogP contribution in [0.5, 0.6) is 0 Å². The summed E-state index contributed by atoms with van der Waals surface area (Å²) in [7, 11) is 0. The molecule has 0 aliphatic rings. The molecule has 0 radical (unpaired) electrons. The van der Waals surface area contributed by atoms with Gasteiger partial charge in [-0.25, -0.2) is 0 Å². The highest BCUT2D eigenvalue weighted by atomic mass is 14.5. The lowest BCUT2D eigenvalue weighted by molar-refractivity contribution is 0.668. The van der Waals surface area contributed by atoms with Gasteiger partial charge in [0.05, 0.1) is 0 Å². The van der Waals surface area contributed by atoms with E-state index in [-0.39, 0.29) is 0 Å². The summed E-state index contributed by atoms with van der Waals surface area (Å²) in [5.74, 6) is 0. The van der Waals surface area contributed by atoms with E-state index in [9.17, 15) is 0 Å².